The van der Waals surface area contributed by atoms with Gasteiger partial charge in [-0.05, 0) is 51.6 Å². The maximum Gasteiger partial charge on any atom is 0.0576 e. The molecule has 1 aliphatic heterocycles. The Bertz CT molecular complexity index is 200. The lowest BCUT2D eigenvalue weighted by Gasteiger charge is -2.19. The van der Waals surface area contributed by atoms with Gasteiger partial charge in [0, 0.05) is 25.7 Å². The van der Waals surface area contributed by atoms with Gasteiger partial charge in [-0.15, -0.1) is 0 Å². The van der Waals surface area contributed by atoms with E-state index in [1.54, 1.807) is 0 Å². The van der Waals surface area contributed by atoms with Gasteiger partial charge >= 0.3 is 0 Å². The summed E-state index contributed by atoms with van der Waals surface area (Å²) in [6.45, 7) is 8.00. The Morgan fingerprint density at radius 3 is 2.76 bits per heavy atom. The highest BCUT2D eigenvalue weighted by Gasteiger charge is 2.26. The SMILES string of the molecule is CCN(CCNCCCC1CCCO1)C1CC1. The van der Waals surface area contributed by atoms with Crippen LogP contribution in [0, 0.1) is 0 Å². The zero-order valence-electron chi connectivity index (χ0n) is 11.3. The van der Waals surface area contributed by atoms with Gasteiger partial charge in [0.15, 0.2) is 0 Å². The standard InChI is InChI=1S/C14H28N2O/c1-2-16(13-7-8-13)11-10-15-9-3-5-14-6-4-12-17-14/h13-15H,2-12H2,1H3. The second kappa shape index (κ2) is 7.34. The van der Waals surface area contributed by atoms with Crippen LogP contribution in [0.5, 0.6) is 0 Å². The summed E-state index contributed by atoms with van der Waals surface area (Å²) in [6, 6.07) is 0.911. The van der Waals surface area contributed by atoms with Crippen LogP contribution in [0.2, 0.25) is 0 Å². The van der Waals surface area contributed by atoms with E-state index < -0.39 is 0 Å². The van der Waals surface area contributed by atoms with Gasteiger partial charge in [-0.25, -0.2) is 0 Å². The van der Waals surface area contributed by atoms with Crippen molar-refractivity contribution in [2.75, 3.05) is 32.8 Å². The summed E-state index contributed by atoms with van der Waals surface area (Å²) in [4.78, 5) is 2.60. The summed E-state index contributed by atoms with van der Waals surface area (Å²) >= 11 is 0. The third-order valence-corrected chi connectivity index (χ3v) is 3.95. The lowest BCUT2D eigenvalue weighted by Crippen LogP contribution is -2.34. The molecule has 1 heterocycles. The molecule has 1 atom stereocenters. The van der Waals surface area contributed by atoms with Crippen molar-refractivity contribution in [3.63, 3.8) is 0 Å². The van der Waals surface area contributed by atoms with E-state index in [1.807, 2.05) is 0 Å². The third-order valence-electron chi connectivity index (χ3n) is 3.95. The van der Waals surface area contributed by atoms with Gasteiger partial charge in [0.2, 0.25) is 0 Å². The summed E-state index contributed by atoms with van der Waals surface area (Å²) < 4.78 is 5.62. The van der Waals surface area contributed by atoms with E-state index in [4.69, 9.17) is 4.74 Å². The minimum absolute atomic E-state index is 0.565. The minimum Gasteiger partial charge on any atom is -0.378 e. The van der Waals surface area contributed by atoms with Crippen LogP contribution >= 0.6 is 0 Å². The Labute approximate surface area is 106 Å². The first-order chi connectivity index (χ1) is 8.40. The van der Waals surface area contributed by atoms with Gasteiger partial charge < -0.3 is 10.1 Å². The smallest absolute Gasteiger partial charge is 0.0576 e. The van der Waals surface area contributed by atoms with Crippen molar-refractivity contribution in [2.45, 2.75) is 57.6 Å². The van der Waals surface area contributed by atoms with Crippen LogP contribution in [0.3, 0.4) is 0 Å². The van der Waals surface area contributed by atoms with E-state index in [2.05, 4.69) is 17.1 Å². The van der Waals surface area contributed by atoms with Crippen LogP contribution in [0.1, 0.15) is 45.4 Å². The average molecular weight is 240 g/mol. The molecule has 1 saturated heterocycles. The molecular formula is C14H28N2O. The maximum absolute atomic E-state index is 5.62. The van der Waals surface area contributed by atoms with E-state index in [1.165, 1.54) is 51.6 Å². The topological polar surface area (TPSA) is 24.5 Å². The fourth-order valence-electron chi connectivity index (χ4n) is 2.71. The van der Waals surface area contributed by atoms with Crippen LogP contribution in [0.25, 0.3) is 0 Å². The van der Waals surface area contributed by atoms with Crippen LogP contribution < -0.4 is 5.32 Å². The molecule has 17 heavy (non-hydrogen) atoms. The number of ether oxygens (including phenoxy) is 1. The van der Waals surface area contributed by atoms with Gasteiger partial charge in [-0.2, -0.15) is 0 Å². The van der Waals surface area contributed by atoms with E-state index in [0.717, 1.165) is 25.7 Å². The molecule has 0 amide bonds. The fourth-order valence-corrected chi connectivity index (χ4v) is 2.71. The van der Waals surface area contributed by atoms with Gasteiger partial charge in [0.05, 0.1) is 6.10 Å². The molecule has 0 spiro atoms. The van der Waals surface area contributed by atoms with Crippen LogP contribution in [-0.2, 0) is 4.74 Å². The maximum atomic E-state index is 5.62. The fraction of sp³-hybridized carbons (Fsp3) is 1.00. The number of nitrogens with one attached hydrogen (secondary N) is 1. The normalized spacial score (nSPS) is 24.7. The zero-order valence-corrected chi connectivity index (χ0v) is 11.3. The van der Waals surface area contributed by atoms with Gasteiger partial charge in [0.25, 0.3) is 0 Å². The molecule has 2 fully saturated rings. The molecule has 0 aromatic rings. The molecule has 3 nitrogen and oxygen atoms in total. The quantitative estimate of drug-likeness (QED) is 0.624. The summed E-state index contributed by atoms with van der Waals surface area (Å²) in [7, 11) is 0. The number of hydrogen-bond acceptors (Lipinski definition) is 3. The van der Waals surface area contributed by atoms with Crippen LogP contribution in [-0.4, -0.2) is 49.8 Å². The molecule has 0 radical (unpaired) electrons. The molecule has 2 aliphatic rings. The van der Waals surface area contributed by atoms with Crippen molar-refractivity contribution >= 4 is 0 Å². The molecule has 1 unspecified atom stereocenters. The van der Waals surface area contributed by atoms with Crippen molar-refractivity contribution in [3.05, 3.63) is 0 Å². The molecule has 1 aliphatic carbocycles. The number of hydrogen-bond donors (Lipinski definition) is 1. The molecule has 0 aromatic heterocycles. The summed E-state index contributed by atoms with van der Waals surface area (Å²) in [5.74, 6) is 0. The highest BCUT2D eigenvalue weighted by molar-refractivity contribution is 4.83. The Hall–Kier alpha value is -0.120. The zero-order chi connectivity index (χ0) is 11.9. The third kappa shape index (κ3) is 4.94. The highest BCUT2D eigenvalue weighted by atomic mass is 16.5. The van der Waals surface area contributed by atoms with Crippen molar-refractivity contribution in [1.82, 2.24) is 10.2 Å². The Morgan fingerprint density at radius 2 is 2.12 bits per heavy atom. The van der Waals surface area contributed by atoms with Gasteiger partial charge in [-0.3, -0.25) is 4.90 Å². The summed E-state index contributed by atoms with van der Waals surface area (Å²) in [6.07, 6.45) is 8.47. The van der Waals surface area contributed by atoms with Crippen molar-refractivity contribution in [2.24, 2.45) is 0 Å². The predicted molar refractivity (Wildman–Crippen MR) is 71.3 cm³/mol. The largest absolute Gasteiger partial charge is 0.378 e. The monoisotopic (exact) mass is 240 g/mol. The van der Waals surface area contributed by atoms with Crippen molar-refractivity contribution in [1.29, 1.82) is 0 Å². The Morgan fingerprint density at radius 1 is 1.24 bits per heavy atom. The Balaban J connectivity index is 1.40. The van der Waals surface area contributed by atoms with Gasteiger partial charge in [-0.1, -0.05) is 6.92 Å². The molecular weight excluding hydrogens is 212 g/mol. The molecule has 2 rings (SSSR count). The van der Waals surface area contributed by atoms with Crippen molar-refractivity contribution < 1.29 is 4.74 Å². The average Bonchev–Trinajstić information content (AvgIpc) is 3.05. The van der Waals surface area contributed by atoms with Gasteiger partial charge in [0.1, 0.15) is 0 Å². The minimum atomic E-state index is 0.565. The molecule has 1 saturated carbocycles. The summed E-state index contributed by atoms with van der Waals surface area (Å²) in [5.41, 5.74) is 0. The first kappa shape index (κ1) is 13.3. The highest BCUT2D eigenvalue weighted by Crippen LogP contribution is 2.25. The Kier molecular flexibility index (Phi) is 5.75. The first-order valence-corrected chi connectivity index (χ1v) is 7.46. The van der Waals surface area contributed by atoms with Crippen LogP contribution in [0.15, 0.2) is 0 Å². The molecule has 3 heteroatoms. The molecule has 0 bridgehead atoms. The lowest BCUT2D eigenvalue weighted by atomic mass is 10.1. The lowest BCUT2D eigenvalue weighted by molar-refractivity contribution is 0.102. The molecule has 100 valence electrons. The second-order valence-corrected chi connectivity index (χ2v) is 5.39. The van der Waals surface area contributed by atoms with E-state index >= 15 is 0 Å². The van der Waals surface area contributed by atoms with E-state index in [-0.39, 0.29) is 0 Å². The second-order valence-electron chi connectivity index (χ2n) is 5.39. The predicted octanol–water partition coefficient (Wildman–Crippen LogP) is 2.02. The van der Waals surface area contributed by atoms with E-state index in [0.29, 0.717) is 6.10 Å². The summed E-state index contributed by atoms with van der Waals surface area (Å²) in [5, 5.41) is 3.56. The van der Waals surface area contributed by atoms with Crippen LogP contribution in [0.4, 0.5) is 0 Å². The molecule has 1 N–H and O–H groups in total. The molecule has 0 aromatic carbocycles. The van der Waals surface area contributed by atoms with Crippen molar-refractivity contribution in [3.8, 4) is 0 Å². The number of likely N-dealkylation sites (N-methyl/N-ethyl adjacent to an activating group) is 1. The van der Waals surface area contributed by atoms with E-state index in [9.17, 15) is 0 Å². The number of nitrogens with zero attached hydrogens (tertiary/aromatic N) is 1. The first-order valence-electron chi connectivity index (χ1n) is 7.46. The number of rotatable bonds is 9.